The molecule has 5 heteroatoms. The van der Waals surface area contributed by atoms with Crippen molar-refractivity contribution in [3.05, 3.63) is 34.7 Å². The average Bonchev–Trinajstić information content (AvgIpc) is 2.78. The highest BCUT2D eigenvalue weighted by Gasteiger charge is 2.13. The number of hydrogen-bond acceptors (Lipinski definition) is 4. The van der Waals surface area contributed by atoms with Gasteiger partial charge in [0.15, 0.2) is 0 Å². The summed E-state index contributed by atoms with van der Waals surface area (Å²) in [5.41, 5.74) is 1.88. The smallest absolute Gasteiger partial charge is 0.247 e. The van der Waals surface area contributed by atoms with E-state index in [9.17, 15) is 0 Å². The van der Waals surface area contributed by atoms with Crippen molar-refractivity contribution in [1.82, 2.24) is 15.5 Å². The molecule has 0 aliphatic rings. The van der Waals surface area contributed by atoms with E-state index in [4.69, 9.17) is 16.0 Å². The zero-order chi connectivity index (χ0) is 14.0. The second-order valence-corrected chi connectivity index (χ2v) is 5.98. The summed E-state index contributed by atoms with van der Waals surface area (Å²) in [5.74, 6) is 1.06. The Bertz CT molecular complexity index is 572. The number of hydrogen-bond donors (Lipinski definition) is 1. The third-order valence-electron chi connectivity index (χ3n) is 2.66. The highest BCUT2D eigenvalue weighted by Crippen LogP contribution is 2.24. The maximum atomic E-state index is 6.09. The van der Waals surface area contributed by atoms with Crippen LogP contribution in [-0.2, 0) is 6.54 Å². The summed E-state index contributed by atoms with van der Waals surface area (Å²) < 4.78 is 5.62. The van der Waals surface area contributed by atoms with Crippen LogP contribution in [0.4, 0.5) is 0 Å². The molecule has 0 radical (unpaired) electrons. The summed E-state index contributed by atoms with van der Waals surface area (Å²) in [6, 6.07) is 5.70. The molecule has 2 rings (SSSR count). The van der Waals surface area contributed by atoms with Gasteiger partial charge in [-0.1, -0.05) is 17.7 Å². The molecule has 0 aliphatic carbocycles. The normalized spacial score (nSPS) is 11.8. The van der Waals surface area contributed by atoms with E-state index < -0.39 is 0 Å². The van der Waals surface area contributed by atoms with E-state index in [0.29, 0.717) is 23.3 Å². The predicted molar refractivity (Wildman–Crippen MR) is 76.1 cm³/mol. The van der Waals surface area contributed by atoms with Gasteiger partial charge in [0, 0.05) is 16.1 Å². The number of benzene rings is 1. The maximum absolute atomic E-state index is 6.09. The summed E-state index contributed by atoms with van der Waals surface area (Å²) in [4.78, 5) is 0. The second-order valence-electron chi connectivity index (χ2n) is 5.57. The molecular formula is C14H18ClN3O. The van der Waals surface area contributed by atoms with Crippen LogP contribution in [-0.4, -0.2) is 15.7 Å². The van der Waals surface area contributed by atoms with Crippen molar-refractivity contribution in [3.8, 4) is 11.5 Å². The summed E-state index contributed by atoms with van der Waals surface area (Å²) in [7, 11) is 0. The molecule has 102 valence electrons. The largest absolute Gasteiger partial charge is 0.419 e. The van der Waals surface area contributed by atoms with Crippen LogP contribution in [0.15, 0.2) is 22.6 Å². The fourth-order valence-electron chi connectivity index (χ4n) is 1.51. The lowest BCUT2D eigenvalue weighted by Crippen LogP contribution is -2.35. The van der Waals surface area contributed by atoms with Gasteiger partial charge in [-0.15, -0.1) is 10.2 Å². The Morgan fingerprint density at radius 2 is 2.00 bits per heavy atom. The van der Waals surface area contributed by atoms with E-state index in [0.717, 1.165) is 11.1 Å². The molecule has 1 aromatic heterocycles. The molecule has 1 heterocycles. The van der Waals surface area contributed by atoms with Gasteiger partial charge in [-0.2, -0.15) is 0 Å². The lowest BCUT2D eigenvalue weighted by Gasteiger charge is -2.18. The molecule has 4 nitrogen and oxygen atoms in total. The molecular weight excluding hydrogens is 262 g/mol. The van der Waals surface area contributed by atoms with Gasteiger partial charge in [0.2, 0.25) is 11.8 Å². The molecule has 0 saturated carbocycles. The quantitative estimate of drug-likeness (QED) is 0.933. The van der Waals surface area contributed by atoms with E-state index in [1.807, 2.05) is 25.1 Å². The zero-order valence-corrected chi connectivity index (χ0v) is 12.4. The average molecular weight is 280 g/mol. The van der Waals surface area contributed by atoms with Crippen LogP contribution >= 0.6 is 11.6 Å². The lowest BCUT2D eigenvalue weighted by molar-refractivity contribution is 0.383. The van der Waals surface area contributed by atoms with Gasteiger partial charge in [-0.05, 0) is 45.4 Å². The third kappa shape index (κ3) is 3.78. The van der Waals surface area contributed by atoms with Gasteiger partial charge in [0.05, 0.1) is 6.54 Å². The maximum Gasteiger partial charge on any atom is 0.247 e. The highest BCUT2D eigenvalue weighted by atomic mass is 35.5. The van der Waals surface area contributed by atoms with Crippen molar-refractivity contribution in [1.29, 1.82) is 0 Å². The van der Waals surface area contributed by atoms with Gasteiger partial charge >= 0.3 is 0 Å². The lowest BCUT2D eigenvalue weighted by atomic mass is 10.1. The molecule has 0 unspecified atom stereocenters. The summed E-state index contributed by atoms with van der Waals surface area (Å²) >= 11 is 6.09. The summed E-state index contributed by atoms with van der Waals surface area (Å²) in [5, 5.41) is 12.1. The first kappa shape index (κ1) is 14.0. The van der Waals surface area contributed by atoms with Gasteiger partial charge < -0.3 is 9.73 Å². The molecule has 0 spiro atoms. The van der Waals surface area contributed by atoms with E-state index in [1.54, 1.807) is 0 Å². The second kappa shape index (κ2) is 5.31. The molecule has 19 heavy (non-hydrogen) atoms. The molecule has 2 aromatic rings. The SMILES string of the molecule is Cc1ccc(-c2nnc(CNC(C)(C)C)o2)cc1Cl. The predicted octanol–water partition coefficient (Wildman–Crippen LogP) is 3.59. The molecule has 0 saturated heterocycles. The van der Waals surface area contributed by atoms with Gasteiger partial charge in [0.25, 0.3) is 0 Å². The fourth-order valence-corrected chi connectivity index (χ4v) is 1.69. The van der Waals surface area contributed by atoms with Crippen molar-refractivity contribution >= 4 is 11.6 Å². The summed E-state index contributed by atoms with van der Waals surface area (Å²) in [6.45, 7) is 8.77. The van der Waals surface area contributed by atoms with Crippen LogP contribution in [0, 0.1) is 6.92 Å². The molecule has 0 fully saturated rings. The van der Waals surface area contributed by atoms with Crippen LogP contribution < -0.4 is 5.32 Å². The van der Waals surface area contributed by atoms with Crippen LogP contribution in [0.1, 0.15) is 32.2 Å². The van der Waals surface area contributed by atoms with Crippen molar-refractivity contribution in [2.45, 2.75) is 39.8 Å². The Labute approximate surface area is 118 Å². The Kier molecular flexibility index (Phi) is 3.92. The first-order valence-electron chi connectivity index (χ1n) is 6.19. The Balaban J connectivity index is 2.14. The van der Waals surface area contributed by atoms with Crippen molar-refractivity contribution in [2.75, 3.05) is 0 Å². The van der Waals surface area contributed by atoms with Crippen LogP contribution in [0.3, 0.4) is 0 Å². The van der Waals surface area contributed by atoms with E-state index in [2.05, 4.69) is 36.3 Å². The van der Waals surface area contributed by atoms with Crippen molar-refractivity contribution in [2.24, 2.45) is 0 Å². The number of nitrogens with one attached hydrogen (secondary N) is 1. The molecule has 0 aliphatic heterocycles. The van der Waals surface area contributed by atoms with E-state index in [-0.39, 0.29) is 5.54 Å². The number of halogens is 1. The van der Waals surface area contributed by atoms with Crippen molar-refractivity contribution in [3.63, 3.8) is 0 Å². The zero-order valence-electron chi connectivity index (χ0n) is 11.6. The minimum absolute atomic E-state index is 0.0157. The van der Waals surface area contributed by atoms with Crippen LogP contribution in [0.25, 0.3) is 11.5 Å². The first-order valence-corrected chi connectivity index (χ1v) is 6.57. The van der Waals surface area contributed by atoms with Crippen LogP contribution in [0.2, 0.25) is 5.02 Å². The topological polar surface area (TPSA) is 51.0 Å². The molecule has 0 atom stereocenters. The third-order valence-corrected chi connectivity index (χ3v) is 3.06. The summed E-state index contributed by atoms with van der Waals surface area (Å²) in [6.07, 6.45) is 0. The Morgan fingerprint density at radius 1 is 1.26 bits per heavy atom. The highest BCUT2D eigenvalue weighted by molar-refractivity contribution is 6.31. The van der Waals surface area contributed by atoms with Crippen LogP contribution in [0.5, 0.6) is 0 Å². The number of nitrogens with zero attached hydrogens (tertiary/aromatic N) is 2. The van der Waals surface area contributed by atoms with Gasteiger partial charge in [0.1, 0.15) is 0 Å². The molecule has 1 N–H and O–H groups in total. The fraction of sp³-hybridized carbons (Fsp3) is 0.429. The van der Waals surface area contributed by atoms with Gasteiger partial charge in [-0.3, -0.25) is 0 Å². The number of aryl methyl sites for hydroxylation is 1. The van der Waals surface area contributed by atoms with Gasteiger partial charge in [-0.25, -0.2) is 0 Å². The molecule has 1 aromatic carbocycles. The Morgan fingerprint density at radius 3 is 2.63 bits per heavy atom. The molecule has 0 bridgehead atoms. The standard InChI is InChI=1S/C14H18ClN3O/c1-9-5-6-10(7-11(9)15)13-18-17-12(19-13)8-16-14(2,3)4/h5-7,16H,8H2,1-4H3. The van der Waals surface area contributed by atoms with Crippen molar-refractivity contribution < 1.29 is 4.42 Å². The van der Waals surface area contributed by atoms with E-state index in [1.165, 1.54) is 0 Å². The Hall–Kier alpha value is -1.39. The van der Waals surface area contributed by atoms with E-state index >= 15 is 0 Å². The minimum Gasteiger partial charge on any atom is -0.419 e. The first-order chi connectivity index (χ1) is 8.85. The number of aromatic nitrogens is 2. The molecule has 0 amide bonds. The monoisotopic (exact) mass is 279 g/mol. The minimum atomic E-state index is 0.0157. The number of rotatable bonds is 3.